The van der Waals surface area contributed by atoms with Crippen molar-refractivity contribution in [1.82, 2.24) is 10.6 Å². The molecule has 0 unspecified atom stereocenters. The fourth-order valence-electron chi connectivity index (χ4n) is 1.85. The Hall–Kier alpha value is -0.770. The van der Waals surface area contributed by atoms with Crippen molar-refractivity contribution < 1.29 is 9.53 Å². The Morgan fingerprint density at radius 3 is 2.73 bits per heavy atom. The van der Waals surface area contributed by atoms with E-state index in [1.54, 1.807) is 0 Å². The van der Waals surface area contributed by atoms with Crippen molar-refractivity contribution in [2.75, 3.05) is 26.3 Å². The van der Waals surface area contributed by atoms with Gasteiger partial charge in [-0.15, -0.1) is 0 Å². The highest BCUT2D eigenvalue weighted by Crippen LogP contribution is 2.19. The van der Waals surface area contributed by atoms with Crippen molar-refractivity contribution in [2.24, 2.45) is 5.92 Å². The molecule has 1 aliphatic heterocycles. The number of hydrogen-bond donors (Lipinski definition) is 2. The highest BCUT2D eigenvalue weighted by Gasteiger charge is 2.12. The number of ether oxygens (including phenoxy) is 1. The molecule has 4 nitrogen and oxygen atoms in total. The first-order valence-corrected chi connectivity index (χ1v) is 5.92. The van der Waals surface area contributed by atoms with Gasteiger partial charge in [-0.1, -0.05) is 0 Å². The van der Waals surface area contributed by atoms with E-state index in [0.717, 1.165) is 32.1 Å². The van der Waals surface area contributed by atoms with Gasteiger partial charge in [0.1, 0.15) is 0 Å². The van der Waals surface area contributed by atoms with Crippen molar-refractivity contribution >= 4 is 6.03 Å². The van der Waals surface area contributed by atoms with Crippen LogP contribution in [0.3, 0.4) is 0 Å². The van der Waals surface area contributed by atoms with Crippen LogP contribution in [-0.2, 0) is 4.74 Å². The van der Waals surface area contributed by atoms with Crippen LogP contribution >= 0.6 is 0 Å². The maximum absolute atomic E-state index is 11.1. The van der Waals surface area contributed by atoms with Gasteiger partial charge in [0.2, 0.25) is 0 Å². The Kier molecular flexibility index (Phi) is 6.16. The molecule has 0 bridgehead atoms. The van der Waals surface area contributed by atoms with Gasteiger partial charge in [-0.3, -0.25) is 0 Å². The predicted octanol–water partition coefficient (Wildman–Crippen LogP) is 1.51. The van der Waals surface area contributed by atoms with E-state index in [2.05, 4.69) is 10.6 Å². The molecular formula is C11H22N2O2. The molecule has 1 fully saturated rings. The zero-order chi connectivity index (χ0) is 10.9. The molecular weight excluding hydrogens is 192 g/mol. The Bertz CT molecular complexity index is 179. The van der Waals surface area contributed by atoms with E-state index in [1.165, 1.54) is 19.3 Å². The summed E-state index contributed by atoms with van der Waals surface area (Å²) in [5.74, 6) is 0.801. The minimum Gasteiger partial charge on any atom is -0.381 e. The number of rotatable bonds is 5. The zero-order valence-corrected chi connectivity index (χ0v) is 9.55. The van der Waals surface area contributed by atoms with Crippen LogP contribution in [-0.4, -0.2) is 32.3 Å². The first-order valence-electron chi connectivity index (χ1n) is 5.92. The largest absolute Gasteiger partial charge is 0.381 e. The fourth-order valence-corrected chi connectivity index (χ4v) is 1.85. The molecule has 0 aromatic carbocycles. The maximum Gasteiger partial charge on any atom is 0.314 e. The quantitative estimate of drug-likeness (QED) is 0.682. The summed E-state index contributed by atoms with van der Waals surface area (Å²) in [6.07, 6.45) is 4.64. The molecule has 0 saturated carbocycles. The molecule has 0 aromatic heterocycles. The van der Waals surface area contributed by atoms with Crippen molar-refractivity contribution in [3.63, 3.8) is 0 Å². The van der Waals surface area contributed by atoms with Gasteiger partial charge < -0.3 is 15.4 Å². The first kappa shape index (κ1) is 12.3. The monoisotopic (exact) mass is 214 g/mol. The second-order valence-corrected chi connectivity index (χ2v) is 3.98. The molecule has 15 heavy (non-hydrogen) atoms. The Morgan fingerprint density at radius 2 is 2.07 bits per heavy atom. The lowest BCUT2D eigenvalue weighted by molar-refractivity contribution is 0.0634. The van der Waals surface area contributed by atoms with Gasteiger partial charge in [-0.05, 0) is 38.5 Å². The summed E-state index contributed by atoms with van der Waals surface area (Å²) in [5.41, 5.74) is 0. The van der Waals surface area contributed by atoms with Crippen LogP contribution in [0.5, 0.6) is 0 Å². The topological polar surface area (TPSA) is 50.4 Å². The van der Waals surface area contributed by atoms with Crippen LogP contribution in [0.25, 0.3) is 0 Å². The molecule has 1 saturated heterocycles. The van der Waals surface area contributed by atoms with E-state index < -0.39 is 0 Å². The first-order chi connectivity index (χ1) is 7.33. The summed E-state index contributed by atoms with van der Waals surface area (Å²) >= 11 is 0. The second-order valence-electron chi connectivity index (χ2n) is 3.98. The molecule has 88 valence electrons. The van der Waals surface area contributed by atoms with Crippen LogP contribution in [0.1, 0.15) is 32.6 Å². The van der Waals surface area contributed by atoms with Crippen LogP contribution < -0.4 is 10.6 Å². The fraction of sp³-hybridized carbons (Fsp3) is 0.909. The Morgan fingerprint density at radius 1 is 1.33 bits per heavy atom. The van der Waals surface area contributed by atoms with Crippen LogP contribution in [0.4, 0.5) is 4.79 Å². The summed E-state index contributed by atoms with van der Waals surface area (Å²) in [7, 11) is 0. The molecule has 2 N–H and O–H groups in total. The van der Waals surface area contributed by atoms with Gasteiger partial charge in [0, 0.05) is 26.3 Å². The van der Waals surface area contributed by atoms with Crippen molar-refractivity contribution in [1.29, 1.82) is 0 Å². The third kappa shape index (κ3) is 5.62. The van der Waals surface area contributed by atoms with E-state index in [4.69, 9.17) is 4.74 Å². The third-order valence-electron chi connectivity index (χ3n) is 2.75. The van der Waals surface area contributed by atoms with Gasteiger partial charge in [-0.2, -0.15) is 0 Å². The standard InChI is InChI=1S/C11H22N2O2/c1-2-12-11(14)13-7-3-4-10-5-8-15-9-6-10/h10H,2-9H2,1H3,(H2,12,13,14). The molecule has 0 atom stereocenters. The van der Waals surface area contributed by atoms with E-state index in [9.17, 15) is 4.79 Å². The molecule has 0 radical (unpaired) electrons. The molecule has 0 spiro atoms. The lowest BCUT2D eigenvalue weighted by Crippen LogP contribution is -2.35. The van der Waals surface area contributed by atoms with Crippen LogP contribution in [0, 0.1) is 5.92 Å². The average Bonchev–Trinajstić information content (AvgIpc) is 2.26. The summed E-state index contributed by atoms with van der Waals surface area (Å²) in [6, 6.07) is -0.0514. The Balaban J connectivity index is 1.93. The summed E-state index contributed by atoms with van der Waals surface area (Å²) in [6.45, 7) is 5.21. The van der Waals surface area contributed by atoms with Gasteiger partial charge in [-0.25, -0.2) is 4.79 Å². The number of amides is 2. The SMILES string of the molecule is CCNC(=O)NCCCC1CCOCC1. The van der Waals surface area contributed by atoms with Gasteiger partial charge >= 0.3 is 6.03 Å². The van der Waals surface area contributed by atoms with E-state index in [0.29, 0.717) is 6.54 Å². The van der Waals surface area contributed by atoms with Crippen LogP contribution in [0.15, 0.2) is 0 Å². The molecule has 2 amide bonds. The molecule has 1 aliphatic rings. The van der Waals surface area contributed by atoms with E-state index in [-0.39, 0.29) is 6.03 Å². The molecule has 1 rings (SSSR count). The highest BCUT2D eigenvalue weighted by molar-refractivity contribution is 5.73. The number of hydrogen-bond acceptors (Lipinski definition) is 2. The van der Waals surface area contributed by atoms with Gasteiger partial charge in [0.25, 0.3) is 0 Å². The minimum atomic E-state index is -0.0514. The number of carbonyl (C=O) groups is 1. The predicted molar refractivity (Wildman–Crippen MR) is 59.9 cm³/mol. The Labute approximate surface area is 91.8 Å². The van der Waals surface area contributed by atoms with E-state index in [1.807, 2.05) is 6.92 Å². The molecule has 0 aromatic rings. The molecule has 0 aliphatic carbocycles. The zero-order valence-electron chi connectivity index (χ0n) is 9.55. The molecule has 4 heteroatoms. The maximum atomic E-state index is 11.1. The number of carbonyl (C=O) groups excluding carboxylic acids is 1. The number of urea groups is 1. The average molecular weight is 214 g/mol. The van der Waals surface area contributed by atoms with Crippen LogP contribution in [0.2, 0.25) is 0 Å². The summed E-state index contributed by atoms with van der Waals surface area (Å²) in [5, 5.41) is 5.56. The third-order valence-corrected chi connectivity index (χ3v) is 2.75. The molecule has 1 heterocycles. The lowest BCUT2D eigenvalue weighted by Gasteiger charge is -2.21. The van der Waals surface area contributed by atoms with Crippen molar-refractivity contribution in [3.05, 3.63) is 0 Å². The van der Waals surface area contributed by atoms with E-state index >= 15 is 0 Å². The van der Waals surface area contributed by atoms with Gasteiger partial charge in [0.15, 0.2) is 0 Å². The van der Waals surface area contributed by atoms with Crippen molar-refractivity contribution in [2.45, 2.75) is 32.6 Å². The van der Waals surface area contributed by atoms with Gasteiger partial charge in [0.05, 0.1) is 0 Å². The lowest BCUT2D eigenvalue weighted by atomic mass is 9.95. The second kappa shape index (κ2) is 7.51. The van der Waals surface area contributed by atoms with Crippen molar-refractivity contribution in [3.8, 4) is 0 Å². The summed E-state index contributed by atoms with van der Waals surface area (Å²) < 4.78 is 5.30. The summed E-state index contributed by atoms with van der Waals surface area (Å²) in [4.78, 5) is 11.1. The number of nitrogens with one attached hydrogen (secondary N) is 2. The highest BCUT2D eigenvalue weighted by atomic mass is 16.5. The smallest absolute Gasteiger partial charge is 0.314 e. The normalized spacial score (nSPS) is 17.4. The minimum absolute atomic E-state index is 0.0514.